The molecule has 1 aromatic heterocycles. The van der Waals surface area contributed by atoms with Crippen molar-refractivity contribution in [2.75, 3.05) is 20.3 Å². The van der Waals surface area contributed by atoms with Crippen LogP contribution in [0.1, 0.15) is 16.6 Å². The summed E-state index contributed by atoms with van der Waals surface area (Å²) in [4.78, 5) is 11.1. The van der Waals surface area contributed by atoms with Gasteiger partial charge in [-0.05, 0) is 48.9 Å². The Morgan fingerprint density at radius 1 is 1.28 bits per heavy atom. The topological polar surface area (TPSA) is 92.3 Å². The molecule has 0 saturated heterocycles. The van der Waals surface area contributed by atoms with Crippen LogP contribution in [-0.2, 0) is 0 Å². The molecule has 0 aliphatic heterocycles. The van der Waals surface area contributed by atoms with Gasteiger partial charge in [0.2, 0.25) is 6.54 Å². The molecule has 1 heterocycles. The number of halogens is 2. The molecule has 1 atom stereocenters. The lowest BCUT2D eigenvalue weighted by Gasteiger charge is -2.17. The summed E-state index contributed by atoms with van der Waals surface area (Å²) >= 11 is 13.6. The summed E-state index contributed by atoms with van der Waals surface area (Å²) in [5.74, 6) is 1.36. The predicted octanol–water partition coefficient (Wildman–Crippen LogP) is 5.57. The SMILES string of the molecule is C=CCOc1c(Cl)cc([C@H](C[N+](=O)[O-])Sc2nnc(C)n2-c2ccc(Cl)cc2)cc1OC. The zero-order valence-corrected chi connectivity index (χ0v) is 19.7. The van der Waals surface area contributed by atoms with Gasteiger partial charge in [-0.3, -0.25) is 14.7 Å². The molecule has 0 bridgehead atoms. The Morgan fingerprint density at radius 3 is 2.62 bits per heavy atom. The van der Waals surface area contributed by atoms with Crippen molar-refractivity contribution < 1.29 is 14.4 Å². The van der Waals surface area contributed by atoms with Crippen molar-refractivity contribution in [2.24, 2.45) is 0 Å². The van der Waals surface area contributed by atoms with Crippen LogP contribution in [0.3, 0.4) is 0 Å². The Balaban J connectivity index is 2.01. The van der Waals surface area contributed by atoms with Crippen LogP contribution in [0.15, 0.2) is 54.2 Å². The molecule has 0 N–H and O–H groups in total. The molecule has 0 fully saturated rings. The van der Waals surface area contributed by atoms with Gasteiger partial charge in [-0.25, -0.2) is 0 Å². The van der Waals surface area contributed by atoms with E-state index < -0.39 is 5.25 Å². The molecule has 11 heteroatoms. The first-order chi connectivity index (χ1) is 15.3. The van der Waals surface area contributed by atoms with Crippen molar-refractivity contribution in [3.8, 4) is 17.2 Å². The van der Waals surface area contributed by atoms with E-state index in [-0.39, 0.29) is 23.1 Å². The van der Waals surface area contributed by atoms with Crippen LogP contribution in [-0.4, -0.2) is 39.9 Å². The summed E-state index contributed by atoms with van der Waals surface area (Å²) in [7, 11) is 1.48. The quantitative estimate of drug-likeness (QED) is 0.157. The fraction of sp³-hybridized carbons (Fsp3) is 0.238. The standard InChI is InChI=1S/C21H20Cl2N4O4S/c1-4-9-31-20-17(23)10-14(11-18(20)30-3)19(12-26(28)29)32-21-25-24-13(2)27(21)16-7-5-15(22)6-8-16/h4-8,10-11,19H,1,9,12H2,2-3H3/t19-/m0/s1. The van der Waals surface area contributed by atoms with Gasteiger partial charge < -0.3 is 9.47 Å². The van der Waals surface area contributed by atoms with Gasteiger partial charge in [-0.15, -0.1) is 10.2 Å². The molecule has 8 nitrogen and oxygen atoms in total. The summed E-state index contributed by atoms with van der Waals surface area (Å²) in [6.45, 7) is 5.31. The number of methoxy groups -OCH3 is 1. The number of nitro groups is 1. The fourth-order valence-electron chi connectivity index (χ4n) is 2.99. The number of thioether (sulfide) groups is 1. The number of nitrogens with zero attached hydrogens (tertiary/aromatic N) is 4. The number of aromatic nitrogens is 3. The molecule has 0 radical (unpaired) electrons. The van der Waals surface area contributed by atoms with E-state index in [0.717, 1.165) is 5.69 Å². The Morgan fingerprint density at radius 2 is 2.00 bits per heavy atom. The molecule has 2 aromatic carbocycles. The second-order valence-corrected chi connectivity index (χ2v) is 8.61. The fourth-order valence-corrected chi connectivity index (χ4v) is 4.54. The van der Waals surface area contributed by atoms with Crippen molar-refractivity contribution >= 4 is 35.0 Å². The van der Waals surface area contributed by atoms with Crippen LogP contribution in [0, 0.1) is 17.0 Å². The van der Waals surface area contributed by atoms with Crippen molar-refractivity contribution in [1.29, 1.82) is 0 Å². The molecular weight excluding hydrogens is 475 g/mol. The zero-order chi connectivity index (χ0) is 23.3. The average Bonchev–Trinajstić information content (AvgIpc) is 3.12. The Bertz CT molecular complexity index is 1120. The second-order valence-electron chi connectivity index (χ2n) is 6.60. The minimum absolute atomic E-state index is 0.242. The Labute approximate surface area is 199 Å². The number of hydrogen-bond acceptors (Lipinski definition) is 7. The van der Waals surface area contributed by atoms with E-state index >= 15 is 0 Å². The summed E-state index contributed by atoms with van der Waals surface area (Å²) in [5.41, 5.74) is 1.39. The lowest BCUT2D eigenvalue weighted by Crippen LogP contribution is -2.12. The maximum Gasteiger partial charge on any atom is 0.220 e. The van der Waals surface area contributed by atoms with Gasteiger partial charge in [-0.2, -0.15) is 0 Å². The third-order valence-corrected chi connectivity index (χ3v) is 6.13. The number of benzene rings is 2. The highest BCUT2D eigenvalue weighted by molar-refractivity contribution is 7.99. The Kier molecular flexibility index (Phi) is 8.00. The van der Waals surface area contributed by atoms with E-state index in [9.17, 15) is 10.1 Å². The van der Waals surface area contributed by atoms with Gasteiger partial charge in [0.05, 0.1) is 12.1 Å². The van der Waals surface area contributed by atoms with Gasteiger partial charge in [0.25, 0.3) is 0 Å². The molecule has 0 amide bonds. The summed E-state index contributed by atoms with van der Waals surface area (Å²) in [5, 5.41) is 20.6. The highest BCUT2D eigenvalue weighted by Crippen LogP contribution is 2.43. The van der Waals surface area contributed by atoms with Crippen molar-refractivity contribution in [3.05, 3.63) is 80.6 Å². The van der Waals surface area contributed by atoms with Gasteiger partial charge in [0, 0.05) is 15.6 Å². The lowest BCUT2D eigenvalue weighted by molar-refractivity contribution is -0.479. The van der Waals surface area contributed by atoms with Gasteiger partial charge in [0.1, 0.15) is 17.7 Å². The molecule has 0 aliphatic carbocycles. The number of hydrogen-bond donors (Lipinski definition) is 0. The summed E-state index contributed by atoms with van der Waals surface area (Å²) in [6, 6.07) is 10.5. The van der Waals surface area contributed by atoms with Crippen molar-refractivity contribution in [1.82, 2.24) is 14.8 Å². The number of aryl methyl sites for hydroxylation is 1. The van der Waals surface area contributed by atoms with Gasteiger partial charge >= 0.3 is 0 Å². The number of rotatable bonds is 10. The van der Waals surface area contributed by atoms with Crippen LogP contribution < -0.4 is 9.47 Å². The highest BCUT2D eigenvalue weighted by Gasteiger charge is 2.26. The van der Waals surface area contributed by atoms with E-state index in [0.29, 0.717) is 33.1 Å². The van der Waals surface area contributed by atoms with E-state index in [1.54, 1.807) is 37.3 Å². The molecule has 0 unspecified atom stereocenters. The molecular formula is C21H20Cl2N4O4S. The van der Waals surface area contributed by atoms with Crippen LogP contribution in [0.25, 0.3) is 5.69 Å². The maximum absolute atomic E-state index is 11.5. The molecule has 0 spiro atoms. The number of ether oxygens (including phenoxy) is 2. The molecule has 32 heavy (non-hydrogen) atoms. The summed E-state index contributed by atoms with van der Waals surface area (Å²) < 4.78 is 12.8. The van der Waals surface area contributed by atoms with Gasteiger partial charge in [-0.1, -0.05) is 47.6 Å². The van der Waals surface area contributed by atoms with Crippen molar-refractivity contribution in [3.63, 3.8) is 0 Å². The first-order valence-corrected chi connectivity index (χ1v) is 11.0. The first kappa shape index (κ1) is 23.9. The Hall–Kier alpha value is -2.75. The minimum atomic E-state index is -0.612. The zero-order valence-electron chi connectivity index (χ0n) is 17.3. The van der Waals surface area contributed by atoms with Gasteiger partial charge in [0.15, 0.2) is 16.7 Å². The largest absolute Gasteiger partial charge is 0.493 e. The maximum atomic E-state index is 11.5. The average molecular weight is 495 g/mol. The van der Waals surface area contributed by atoms with E-state index in [1.807, 2.05) is 16.7 Å². The predicted molar refractivity (Wildman–Crippen MR) is 125 cm³/mol. The van der Waals surface area contributed by atoms with Crippen LogP contribution >= 0.6 is 35.0 Å². The third kappa shape index (κ3) is 5.53. The van der Waals surface area contributed by atoms with Crippen LogP contribution in [0.4, 0.5) is 0 Å². The highest BCUT2D eigenvalue weighted by atomic mass is 35.5. The minimum Gasteiger partial charge on any atom is -0.493 e. The van der Waals surface area contributed by atoms with Crippen LogP contribution in [0.2, 0.25) is 10.0 Å². The molecule has 0 aliphatic rings. The monoisotopic (exact) mass is 494 g/mol. The molecule has 0 saturated carbocycles. The normalized spacial score (nSPS) is 11.8. The van der Waals surface area contributed by atoms with E-state index in [1.165, 1.54) is 18.9 Å². The first-order valence-electron chi connectivity index (χ1n) is 9.41. The summed E-state index contributed by atoms with van der Waals surface area (Å²) in [6.07, 6.45) is 1.58. The van der Waals surface area contributed by atoms with Crippen LogP contribution in [0.5, 0.6) is 11.5 Å². The smallest absolute Gasteiger partial charge is 0.220 e. The molecule has 168 valence electrons. The second kappa shape index (κ2) is 10.7. The molecule has 3 rings (SSSR count). The van der Waals surface area contributed by atoms with E-state index in [2.05, 4.69) is 16.8 Å². The third-order valence-electron chi connectivity index (χ3n) is 4.41. The molecule has 3 aromatic rings. The van der Waals surface area contributed by atoms with Crippen molar-refractivity contribution in [2.45, 2.75) is 17.3 Å². The van der Waals surface area contributed by atoms with E-state index in [4.69, 9.17) is 32.7 Å². The lowest BCUT2D eigenvalue weighted by atomic mass is 10.1.